The van der Waals surface area contributed by atoms with E-state index < -0.39 is 0 Å². The fourth-order valence-electron chi connectivity index (χ4n) is 4.14. The van der Waals surface area contributed by atoms with Crippen LogP contribution in [-0.2, 0) is 0 Å². The zero-order valence-electron chi connectivity index (χ0n) is 18.7. The molecule has 0 amide bonds. The molecule has 1 unspecified atom stereocenters. The van der Waals surface area contributed by atoms with Crippen LogP contribution in [0.15, 0.2) is 60.8 Å². The topological polar surface area (TPSA) is 15.3 Å². The van der Waals surface area contributed by atoms with Crippen molar-refractivity contribution in [2.24, 2.45) is 5.92 Å². The van der Waals surface area contributed by atoms with Gasteiger partial charge < -0.3 is 10.2 Å². The van der Waals surface area contributed by atoms with Crippen LogP contribution in [0.3, 0.4) is 0 Å². The third kappa shape index (κ3) is 5.92. The van der Waals surface area contributed by atoms with E-state index in [0.717, 1.165) is 50.3 Å². The number of unbranched alkanes of at least 4 members (excludes halogenated alkanes) is 1. The summed E-state index contributed by atoms with van der Waals surface area (Å²) in [5.41, 5.74) is 7.73. The van der Waals surface area contributed by atoms with Crippen molar-refractivity contribution in [2.45, 2.75) is 46.5 Å². The molecule has 1 atom stereocenters. The van der Waals surface area contributed by atoms with Gasteiger partial charge in [0.05, 0.1) is 0 Å². The van der Waals surface area contributed by atoms with Gasteiger partial charge in [-0.1, -0.05) is 61.4 Å². The van der Waals surface area contributed by atoms with Gasteiger partial charge >= 0.3 is 0 Å². The van der Waals surface area contributed by atoms with Crippen LogP contribution in [-0.4, -0.2) is 19.6 Å². The van der Waals surface area contributed by atoms with Gasteiger partial charge in [0.15, 0.2) is 0 Å². The smallest absolute Gasteiger partial charge is 0.0412 e. The highest BCUT2D eigenvalue weighted by Crippen LogP contribution is 2.28. The summed E-state index contributed by atoms with van der Waals surface area (Å²) in [5, 5.41) is 4.42. The Kier molecular flexibility index (Phi) is 8.04. The number of nitrogens with one attached hydrogen (secondary N) is 1. The van der Waals surface area contributed by atoms with Crippen molar-refractivity contribution in [3.05, 3.63) is 82.5 Å². The van der Waals surface area contributed by atoms with E-state index in [4.69, 9.17) is 11.6 Å². The van der Waals surface area contributed by atoms with Crippen molar-refractivity contribution in [3.63, 3.8) is 0 Å². The summed E-state index contributed by atoms with van der Waals surface area (Å²) in [6.45, 7) is 13.9. The number of hydrogen-bond acceptors (Lipinski definition) is 2. The number of anilines is 1. The Balaban J connectivity index is 1.55. The summed E-state index contributed by atoms with van der Waals surface area (Å²) in [7, 11) is 0. The summed E-state index contributed by atoms with van der Waals surface area (Å²) < 4.78 is 0. The van der Waals surface area contributed by atoms with Gasteiger partial charge in [0, 0.05) is 42.0 Å². The Morgan fingerprint density at radius 2 is 1.97 bits per heavy atom. The Bertz CT molecular complexity index is 882. The maximum absolute atomic E-state index is 6.28. The molecule has 30 heavy (non-hydrogen) atoms. The van der Waals surface area contributed by atoms with Gasteiger partial charge in [0.25, 0.3) is 0 Å². The van der Waals surface area contributed by atoms with Crippen molar-refractivity contribution >= 4 is 22.9 Å². The van der Waals surface area contributed by atoms with Gasteiger partial charge in [0.2, 0.25) is 0 Å². The lowest BCUT2D eigenvalue weighted by atomic mass is 9.96. The molecule has 3 rings (SSSR count). The standard InChI is InChI=1S/C27H35ClN2/c1-5-6-7-23(27-18-25(28)11-10-21(27)3)14-16-29-22(4)24-15-17-30(19-24)26-12-8-20(2)9-13-26/h7-13,18,24,29H,4-6,14-17,19H2,1-3H3/b23-7-. The van der Waals surface area contributed by atoms with Crippen LogP contribution in [0.1, 0.15) is 49.3 Å². The predicted molar refractivity (Wildman–Crippen MR) is 132 cm³/mol. The monoisotopic (exact) mass is 422 g/mol. The summed E-state index contributed by atoms with van der Waals surface area (Å²) >= 11 is 6.28. The normalized spacial score (nSPS) is 16.7. The highest BCUT2D eigenvalue weighted by Gasteiger charge is 2.24. The van der Waals surface area contributed by atoms with Crippen LogP contribution < -0.4 is 10.2 Å². The minimum Gasteiger partial charge on any atom is -0.388 e. The molecule has 2 nitrogen and oxygen atoms in total. The average molecular weight is 423 g/mol. The van der Waals surface area contributed by atoms with Crippen molar-refractivity contribution in [3.8, 4) is 0 Å². The molecule has 1 N–H and O–H groups in total. The first-order valence-corrected chi connectivity index (χ1v) is 11.6. The zero-order valence-corrected chi connectivity index (χ0v) is 19.4. The van der Waals surface area contributed by atoms with Crippen LogP contribution in [0.4, 0.5) is 5.69 Å². The summed E-state index contributed by atoms with van der Waals surface area (Å²) in [4.78, 5) is 2.47. The number of nitrogens with zero attached hydrogens (tertiary/aromatic N) is 1. The van der Waals surface area contributed by atoms with E-state index in [1.807, 2.05) is 6.07 Å². The molecule has 1 aliphatic rings. The van der Waals surface area contributed by atoms with Gasteiger partial charge in [0.1, 0.15) is 0 Å². The second-order valence-electron chi connectivity index (χ2n) is 8.45. The lowest BCUT2D eigenvalue weighted by Crippen LogP contribution is -2.25. The van der Waals surface area contributed by atoms with E-state index in [1.54, 1.807) is 0 Å². The predicted octanol–water partition coefficient (Wildman–Crippen LogP) is 7.16. The third-order valence-corrected chi connectivity index (χ3v) is 6.29. The molecular weight excluding hydrogens is 388 g/mol. The Labute approximate surface area is 187 Å². The van der Waals surface area contributed by atoms with Crippen LogP contribution in [0.25, 0.3) is 5.57 Å². The van der Waals surface area contributed by atoms with E-state index in [1.165, 1.54) is 33.6 Å². The minimum absolute atomic E-state index is 0.502. The molecule has 0 spiro atoms. The lowest BCUT2D eigenvalue weighted by Gasteiger charge is -2.21. The largest absolute Gasteiger partial charge is 0.388 e. The number of allylic oxidation sites excluding steroid dienone is 1. The molecule has 0 radical (unpaired) electrons. The number of rotatable bonds is 9. The molecule has 0 aliphatic carbocycles. The first kappa shape index (κ1) is 22.5. The molecule has 2 aromatic carbocycles. The SMILES string of the molecule is C=C(NCC/C(=C/CCC)c1cc(Cl)ccc1C)C1CCN(c2ccc(C)cc2)C1. The van der Waals surface area contributed by atoms with Crippen molar-refractivity contribution < 1.29 is 0 Å². The molecule has 1 saturated heterocycles. The maximum Gasteiger partial charge on any atom is 0.0412 e. The van der Waals surface area contributed by atoms with Gasteiger partial charge in [-0.15, -0.1) is 0 Å². The molecule has 1 aliphatic heterocycles. The second-order valence-corrected chi connectivity index (χ2v) is 8.88. The Hall–Kier alpha value is -2.19. The molecule has 3 heteroatoms. The molecule has 1 fully saturated rings. The van der Waals surface area contributed by atoms with Crippen LogP contribution in [0.2, 0.25) is 5.02 Å². The molecule has 0 saturated carbocycles. The molecular formula is C27H35ClN2. The highest BCUT2D eigenvalue weighted by molar-refractivity contribution is 6.30. The first-order chi connectivity index (χ1) is 14.5. The van der Waals surface area contributed by atoms with Crippen LogP contribution in [0.5, 0.6) is 0 Å². The van der Waals surface area contributed by atoms with E-state index in [2.05, 4.69) is 80.0 Å². The van der Waals surface area contributed by atoms with Crippen molar-refractivity contribution in [1.82, 2.24) is 5.32 Å². The molecule has 0 aromatic heterocycles. The fraction of sp³-hybridized carbons (Fsp3) is 0.407. The summed E-state index contributed by atoms with van der Waals surface area (Å²) in [6, 6.07) is 15.0. The summed E-state index contributed by atoms with van der Waals surface area (Å²) in [6.07, 6.45) is 6.76. The average Bonchev–Trinajstić information content (AvgIpc) is 3.23. The van der Waals surface area contributed by atoms with Gasteiger partial charge in [-0.05, 0) is 74.1 Å². The highest BCUT2D eigenvalue weighted by atomic mass is 35.5. The van der Waals surface area contributed by atoms with E-state index in [0.29, 0.717) is 5.92 Å². The molecule has 2 aromatic rings. The molecule has 160 valence electrons. The van der Waals surface area contributed by atoms with E-state index in [9.17, 15) is 0 Å². The second kappa shape index (κ2) is 10.7. The van der Waals surface area contributed by atoms with E-state index >= 15 is 0 Å². The minimum atomic E-state index is 0.502. The van der Waals surface area contributed by atoms with Crippen LogP contribution >= 0.6 is 11.6 Å². The first-order valence-electron chi connectivity index (χ1n) is 11.2. The van der Waals surface area contributed by atoms with Crippen molar-refractivity contribution in [1.29, 1.82) is 0 Å². The summed E-state index contributed by atoms with van der Waals surface area (Å²) in [5.74, 6) is 0.502. The fourth-order valence-corrected chi connectivity index (χ4v) is 4.31. The van der Waals surface area contributed by atoms with Gasteiger partial charge in [-0.3, -0.25) is 0 Å². The van der Waals surface area contributed by atoms with Gasteiger partial charge in [-0.2, -0.15) is 0 Å². The Morgan fingerprint density at radius 3 is 2.70 bits per heavy atom. The number of hydrogen-bond donors (Lipinski definition) is 1. The number of benzene rings is 2. The zero-order chi connectivity index (χ0) is 21.5. The maximum atomic E-state index is 6.28. The van der Waals surface area contributed by atoms with E-state index in [-0.39, 0.29) is 0 Å². The third-order valence-electron chi connectivity index (χ3n) is 6.05. The molecule has 0 bridgehead atoms. The van der Waals surface area contributed by atoms with Gasteiger partial charge in [-0.25, -0.2) is 0 Å². The molecule has 1 heterocycles. The number of halogens is 1. The quantitative estimate of drug-likeness (QED) is 0.461. The lowest BCUT2D eigenvalue weighted by molar-refractivity contribution is 0.615. The Morgan fingerprint density at radius 1 is 1.20 bits per heavy atom. The number of aryl methyl sites for hydroxylation is 2. The van der Waals surface area contributed by atoms with Crippen LogP contribution in [0, 0.1) is 19.8 Å². The van der Waals surface area contributed by atoms with Crippen molar-refractivity contribution in [2.75, 3.05) is 24.5 Å².